The number of likely N-dealkylation sites (tertiary alicyclic amines) is 1. The van der Waals surface area contributed by atoms with E-state index in [4.69, 9.17) is 9.72 Å². The molecule has 8 nitrogen and oxygen atoms in total. The SMILES string of the molecule is CC1CN(Cc2c(-c3cccc(C(F)(F)F)c3)nc3c(S(=O)(=O)C(C)C)cccc3c2C(=O)N[C@H](c2ccccc2)C(F)(F)F)CCC1N1CCOCC1. The number of hydrogen-bond donors (Lipinski definition) is 1. The summed E-state index contributed by atoms with van der Waals surface area (Å²) >= 11 is 0. The molecule has 54 heavy (non-hydrogen) atoms. The van der Waals surface area contributed by atoms with Crippen LogP contribution in [0.4, 0.5) is 26.3 Å². The van der Waals surface area contributed by atoms with Crippen LogP contribution in [0.5, 0.6) is 0 Å². The zero-order chi connectivity index (χ0) is 39.0. The lowest BCUT2D eigenvalue weighted by Gasteiger charge is -2.44. The van der Waals surface area contributed by atoms with E-state index in [0.717, 1.165) is 31.6 Å². The second-order valence-electron chi connectivity index (χ2n) is 14.2. The minimum Gasteiger partial charge on any atom is -0.379 e. The van der Waals surface area contributed by atoms with Gasteiger partial charge in [0.25, 0.3) is 5.91 Å². The van der Waals surface area contributed by atoms with Gasteiger partial charge in [0.05, 0.1) is 45.7 Å². The number of sulfone groups is 1. The molecular formula is C39H42F6N4O4S. The topological polar surface area (TPSA) is 91.8 Å². The van der Waals surface area contributed by atoms with Crippen molar-refractivity contribution in [2.45, 2.75) is 68.3 Å². The van der Waals surface area contributed by atoms with Crippen molar-refractivity contribution < 1.29 is 44.3 Å². The number of ether oxygens (including phenoxy) is 1. The molecule has 1 aromatic heterocycles. The average molecular weight is 777 g/mol. The standard InChI is InChI=1S/C39H42F6N4O4S/c1-24(2)54(51,52)32-14-8-13-29-33(37(50)47-36(39(43,44)45)26-9-5-4-6-10-26)30(23-48-16-15-31(25(3)22-48)49-17-19-53-20-18-49)34(46-35(29)32)27-11-7-12-28(21-27)38(40,41)42/h4-14,21,24-25,31,36H,15-20,22-23H2,1-3H3,(H,47,50)/t25?,31?,36-/m1/s1. The molecule has 2 fully saturated rings. The van der Waals surface area contributed by atoms with Gasteiger partial charge in [-0.05, 0) is 56.5 Å². The van der Waals surface area contributed by atoms with Gasteiger partial charge in [-0.2, -0.15) is 26.3 Å². The highest BCUT2D eigenvalue weighted by molar-refractivity contribution is 7.92. The summed E-state index contributed by atoms with van der Waals surface area (Å²) in [7, 11) is -4.11. The number of rotatable bonds is 9. The molecule has 3 aromatic carbocycles. The summed E-state index contributed by atoms with van der Waals surface area (Å²) in [5.74, 6) is -1.05. The number of carbonyl (C=O) groups excluding carboxylic acids is 1. The van der Waals surface area contributed by atoms with Crippen molar-refractivity contribution >= 4 is 26.6 Å². The van der Waals surface area contributed by atoms with Crippen LogP contribution in [0.15, 0.2) is 77.7 Å². The van der Waals surface area contributed by atoms with Gasteiger partial charge in [-0.1, -0.05) is 61.5 Å². The second-order valence-corrected chi connectivity index (χ2v) is 16.7. The summed E-state index contributed by atoms with van der Waals surface area (Å²) < 4.78 is 119. The first-order chi connectivity index (χ1) is 25.5. The number of fused-ring (bicyclic) bond motifs is 1. The Morgan fingerprint density at radius 1 is 0.944 bits per heavy atom. The maximum absolute atomic E-state index is 14.7. The van der Waals surface area contributed by atoms with Gasteiger partial charge in [-0.15, -0.1) is 0 Å². The summed E-state index contributed by atoms with van der Waals surface area (Å²) in [5, 5.41) is 1.16. The number of amides is 1. The van der Waals surface area contributed by atoms with E-state index in [1.54, 1.807) is 0 Å². The van der Waals surface area contributed by atoms with Crippen LogP contribution in [0, 0.1) is 5.92 Å². The predicted octanol–water partition coefficient (Wildman–Crippen LogP) is 7.68. The van der Waals surface area contributed by atoms with Crippen LogP contribution >= 0.6 is 0 Å². The Hall–Kier alpha value is -4.05. The number of morpholine rings is 1. The molecule has 3 atom stereocenters. The lowest BCUT2D eigenvalue weighted by Crippen LogP contribution is -2.53. The van der Waals surface area contributed by atoms with Gasteiger partial charge in [0.2, 0.25) is 0 Å². The predicted molar refractivity (Wildman–Crippen MR) is 192 cm³/mol. The summed E-state index contributed by atoms with van der Waals surface area (Å²) in [6, 6.07) is 12.9. The molecule has 3 heterocycles. The third-order valence-corrected chi connectivity index (χ3v) is 12.5. The van der Waals surface area contributed by atoms with E-state index in [2.05, 4.69) is 17.1 Å². The normalized spacial score (nSPS) is 20.0. The van der Waals surface area contributed by atoms with Crippen molar-refractivity contribution in [2.75, 3.05) is 39.4 Å². The van der Waals surface area contributed by atoms with Gasteiger partial charge in [-0.3, -0.25) is 14.6 Å². The number of nitrogens with one attached hydrogen (secondary N) is 1. The van der Waals surface area contributed by atoms with Crippen LogP contribution in [0.25, 0.3) is 22.2 Å². The Morgan fingerprint density at radius 2 is 1.63 bits per heavy atom. The summed E-state index contributed by atoms with van der Waals surface area (Å²) in [6.07, 6.45) is -8.97. The summed E-state index contributed by atoms with van der Waals surface area (Å²) in [6.45, 7) is 8.73. The van der Waals surface area contributed by atoms with Crippen molar-refractivity contribution in [3.8, 4) is 11.3 Å². The molecule has 1 amide bonds. The number of alkyl halides is 6. The van der Waals surface area contributed by atoms with Crippen LogP contribution < -0.4 is 5.32 Å². The Bertz CT molecular complexity index is 2090. The molecule has 2 unspecified atom stereocenters. The fraction of sp³-hybridized carbons (Fsp3) is 0.436. The Morgan fingerprint density at radius 3 is 2.26 bits per heavy atom. The van der Waals surface area contributed by atoms with Gasteiger partial charge in [0.1, 0.15) is 0 Å². The molecule has 1 N–H and O–H groups in total. The third kappa shape index (κ3) is 8.28. The molecular weight excluding hydrogens is 735 g/mol. The van der Waals surface area contributed by atoms with Gasteiger partial charge in [0.15, 0.2) is 15.9 Å². The Labute approximate surface area is 310 Å². The van der Waals surface area contributed by atoms with E-state index in [1.165, 1.54) is 74.5 Å². The quantitative estimate of drug-likeness (QED) is 0.175. The number of piperidine rings is 1. The number of benzene rings is 3. The Kier molecular flexibility index (Phi) is 11.4. The molecule has 0 saturated carbocycles. The number of aromatic nitrogens is 1. The minimum absolute atomic E-state index is 0.0369. The molecule has 2 aliphatic rings. The molecule has 15 heteroatoms. The van der Waals surface area contributed by atoms with Crippen LogP contribution in [0.3, 0.4) is 0 Å². The Balaban J connectivity index is 1.57. The van der Waals surface area contributed by atoms with Crippen molar-refractivity contribution in [1.82, 2.24) is 20.1 Å². The fourth-order valence-corrected chi connectivity index (χ4v) is 8.72. The highest BCUT2D eigenvalue weighted by Gasteiger charge is 2.43. The average Bonchev–Trinajstić information content (AvgIpc) is 3.13. The van der Waals surface area contributed by atoms with Crippen LogP contribution in [-0.2, 0) is 27.3 Å². The molecule has 0 bridgehead atoms. The van der Waals surface area contributed by atoms with E-state index in [1.807, 2.05) is 4.90 Å². The number of para-hydroxylation sites is 1. The monoisotopic (exact) mass is 776 g/mol. The van der Waals surface area contributed by atoms with Crippen molar-refractivity contribution in [1.29, 1.82) is 0 Å². The number of carbonyl (C=O) groups is 1. The summed E-state index contributed by atoms with van der Waals surface area (Å²) in [5.41, 5.74) is -1.88. The van der Waals surface area contributed by atoms with Crippen molar-refractivity contribution in [3.63, 3.8) is 0 Å². The van der Waals surface area contributed by atoms with Crippen molar-refractivity contribution in [3.05, 3.63) is 95.1 Å². The lowest BCUT2D eigenvalue weighted by atomic mass is 9.90. The van der Waals surface area contributed by atoms with Gasteiger partial charge < -0.3 is 10.1 Å². The number of pyridine rings is 1. The molecule has 4 aromatic rings. The second kappa shape index (κ2) is 15.6. The highest BCUT2D eigenvalue weighted by Crippen LogP contribution is 2.39. The van der Waals surface area contributed by atoms with Gasteiger partial charge in [-0.25, -0.2) is 13.4 Å². The third-order valence-electron chi connectivity index (χ3n) is 10.3. The van der Waals surface area contributed by atoms with E-state index in [0.29, 0.717) is 26.3 Å². The molecule has 2 aliphatic heterocycles. The number of nitrogens with zero attached hydrogens (tertiary/aromatic N) is 3. The first kappa shape index (κ1) is 39.6. The van der Waals surface area contributed by atoms with Gasteiger partial charge >= 0.3 is 12.4 Å². The highest BCUT2D eigenvalue weighted by atomic mass is 32.2. The zero-order valence-corrected chi connectivity index (χ0v) is 30.9. The molecule has 0 aliphatic carbocycles. The fourth-order valence-electron chi connectivity index (χ4n) is 7.52. The minimum atomic E-state index is -4.94. The maximum Gasteiger partial charge on any atom is 0.416 e. The van der Waals surface area contributed by atoms with Crippen LogP contribution in [0.2, 0.25) is 0 Å². The van der Waals surface area contributed by atoms with E-state index in [9.17, 15) is 39.6 Å². The molecule has 0 spiro atoms. The molecule has 0 radical (unpaired) electrons. The van der Waals surface area contributed by atoms with Crippen LogP contribution in [-0.4, -0.2) is 86.0 Å². The van der Waals surface area contributed by atoms with Gasteiger partial charge in [0, 0.05) is 48.7 Å². The first-order valence-corrected chi connectivity index (χ1v) is 19.3. The molecule has 2 saturated heterocycles. The smallest absolute Gasteiger partial charge is 0.379 e. The number of halogens is 6. The largest absolute Gasteiger partial charge is 0.416 e. The van der Waals surface area contributed by atoms with Crippen molar-refractivity contribution in [2.24, 2.45) is 5.92 Å². The molecule has 6 rings (SSSR count). The maximum atomic E-state index is 14.7. The van der Waals surface area contributed by atoms with Crippen LogP contribution in [0.1, 0.15) is 60.3 Å². The van der Waals surface area contributed by atoms with E-state index < -0.39 is 45.0 Å². The number of hydrogen-bond acceptors (Lipinski definition) is 7. The summed E-state index contributed by atoms with van der Waals surface area (Å²) in [4.78, 5) is 23.4. The first-order valence-electron chi connectivity index (χ1n) is 17.8. The van der Waals surface area contributed by atoms with E-state index >= 15 is 0 Å². The van der Waals surface area contributed by atoms with E-state index in [-0.39, 0.29) is 62.3 Å². The molecule has 290 valence electrons. The lowest BCUT2D eigenvalue weighted by molar-refractivity contribution is -0.155. The zero-order valence-electron chi connectivity index (χ0n) is 30.0.